The summed E-state index contributed by atoms with van der Waals surface area (Å²) in [5.74, 6) is 0.354. The fourth-order valence-corrected chi connectivity index (χ4v) is 3.27. The molecule has 0 N–H and O–H groups in total. The molecule has 0 aliphatic carbocycles. The minimum Gasteiger partial charge on any atom is -0.345 e. The lowest BCUT2D eigenvalue weighted by atomic mass is 10.3. The summed E-state index contributed by atoms with van der Waals surface area (Å²) >= 11 is 7.10. The van der Waals surface area contributed by atoms with Crippen LogP contribution in [0.1, 0.15) is 4.88 Å². The fourth-order valence-electron chi connectivity index (χ4n) is 2.27. The first-order chi connectivity index (χ1) is 9.56. The van der Waals surface area contributed by atoms with E-state index in [1.807, 2.05) is 4.90 Å². The van der Waals surface area contributed by atoms with E-state index in [-0.39, 0.29) is 11.2 Å². The minimum absolute atomic E-state index is 0.0577. The predicted octanol–water partition coefficient (Wildman–Crippen LogP) is 1.89. The van der Waals surface area contributed by atoms with Gasteiger partial charge in [0.25, 0.3) is 5.56 Å². The van der Waals surface area contributed by atoms with Crippen LogP contribution in [-0.4, -0.2) is 21.0 Å². The molecule has 0 amide bonds. The Labute approximate surface area is 122 Å². The first kappa shape index (κ1) is 13.1. The summed E-state index contributed by atoms with van der Waals surface area (Å²) in [6.07, 6.45) is 1.64. The van der Waals surface area contributed by atoms with Gasteiger partial charge in [-0.05, 0) is 0 Å². The maximum atomic E-state index is 11.8. The number of anilines is 1. The Balaban J connectivity index is 2.02. The highest BCUT2D eigenvalue weighted by molar-refractivity contribution is 7.15. The smallest absolute Gasteiger partial charge is 0.310 e. The van der Waals surface area contributed by atoms with E-state index in [1.54, 1.807) is 6.20 Å². The molecule has 1 aliphatic rings. The molecule has 0 aromatic carbocycles. The largest absolute Gasteiger partial charge is 0.345 e. The Hall–Kier alpha value is -1.93. The van der Waals surface area contributed by atoms with E-state index in [1.165, 1.54) is 28.0 Å². The normalized spacial score (nSPS) is 13.6. The Morgan fingerprint density at radius 3 is 2.90 bits per heavy atom. The Morgan fingerprint density at radius 1 is 1.45 bits per heavy atom. The zero-order chi connectivity index (χ0) is 14.3. The van der Waals surface area contributed by atoms with Gasteiger partial charge in [0, 0.05) is 36.3 Å². The zero-order valence-corrected chi connectivity index (χ0v) is 11.7. The van der Waals surface area contributed by atoms with Crippen molar-refractivity contribution in [3.8, 4) is 0 Å². The molecule has 7 nitrogen and oxygen atoms in total. The molecule has 1 aliphatic heterocycles. The quantitative estimate of drug-likeness (QED) is 0.638. The van der Waals surface area contributed by atoms with Crippen molar-refractivity contribution in [1.29, 1.82) is 0 Å². The van der Waals surface area contributed by atoms with Gasteiger partial charge in [-0.3, -0.25) is 19.5 Å². The van der Waals surface area contributed by atoms with Crippen LogP contribution in [0.3, 0.4) is 0 Å². The molecular formula is C11H9ClN4O3S. The standard InChI is InChI=1S/C11H9ClN4O3S/c12-11-13-5-7(20-11)6-14-3-4-15-9(17)2-1-8(10(14)15)16(18)19/h1-2,5H,3-4,6H2. The average molecular weight is 313 g/mol. The summed E-state index contributed by atoms with van der Waals surface area (Å²) in [5, 5.41) is 11.1. The van der Waals surface area contributed by atoms with Crippen molar-refractivity contribution in [1.82, 2.24) is 9.55 Å². The van der Waals surface area contributed by atoms with E-state index in [0.717, 1.165) is 4.88 Å². The number of nitro groups is 1. The zero-order valence-electron chi connectivity index (χ0n) is 10.2. The highest BCUT2D eigenvalue weighted by atomic mass is 35.5. The van der Waals surface area contributed by atoms with Crippen molar-refractivity contribution in [2.45, 2.75) is 13.1 Å². The second-order valence-corrected chi connectivity index (χ2v) is 5.99. The van der Waals surface area contributed by atoms with Crippen molar-refractivity contribution in [2.24, 2.45) is 0 Å². The van der Waals surface area contributed by atoms with E-state index >= 15 is 0 Å². The lowest BCUT2D eigenvalue weighted by Gasteiger charge is -2.16. The number of pyridine rings is 1. The van der Waals surface area contributed by atoms with E-state index in [0.29, 0.717) is 29.9 Å². The van der Waals surface area contributed by atoms with Crippen LogP contribution in [0, 0.1) is 10.1 Å². The van der Waals surface area contributed by atoms with Crippen LogP contribution in [0.2, 0.25) is 4.47 Å². The predicted molar refractivity (Wildman–Crippen MR) is 75.5 cm³/mol. The monoisotopic (exact) mass is 312 g/mol. The molecule has 0 saturated heterocycles. The Morgan fingerprint density at radius 2 is 2.25 bits per heavy atom. The van der Waals surface area contributed by atoms with Gasteiger partial charge in [0.15, 0.2) is 10.3 Å². The van der Waals surface area contributed by atoms with E-state index < -0.39 is 4.92 Å². The van der Waals surface area contributed by atoms with Crippen LogP contribution in [0.25, 0.3) is 0 Å². The number of nitrogens with zero attached hydrogens (tertiary/aromatic N) is 4. The Kier molecular flexibility index (Phi) is 3.19. The van der Waals surface area contributed by atoms with Gasteiger partial charge in [-0.25, -0.2) is 4.98 Å². The van der Waals surface area contributed by atoms with Crippen LogP contribution in [0.15, 0.2) is 23.1 Å². The molecule has 9 heteroatoms. The van der Waals surface area contributed by atoms with Gasteiger partial charge in [0.2, 0.25) is 0 Å². The van der Waals surface area contributed by atoms with Gasteiger partial charge in [-0.2, -0.15) is 0 Å². The van der Waals surface area contributed by atoms with Crippen molar-refractivity contribution < 1.29 is 4.92 Å². The molecule has 0 fully saturated rings. The number of thiazole rings is 1. The fraction of sp³-hybridized carbons (Fsp3) is 0.273. The lowest BCUT2D eigenvalue weighted by Crippen LogP contribution is -2.21. The highest BCUT2D eigenvalue weighted by Gasteiger charge is 2.29. The third-order valence-corrected chi connectivity index (χ3v) is 4.20. The van der Waals surface area contributed by atoms with Crippen LogP contribution in [0.5, 0.6) is 0 Å². The molecule has 0 spiro atoms. The summed E-state index contributed by atoms with van der Waals surface area (Å²) in [6.45, 7) is 1.45. The molecule has 2 aromatic heterocycles. The lowest BCUT2D eigenvalue weighted by molar-refractivity contribution is -0.384. The van der Waals surface area contributed by atoms with Crippen molar-refractivity contribution in [3.63, 3.8) is 0 Å². The van der Waals surface area contributed by atoms with Gasteiger partial charge in [0.05, 0.1) is 11.5 Å². The van der Waals surface area contributed by atoms with E-state index in [4.69, 9.17) is 11.6 Å². The van der Waals surface area contributed by atoms with Gasteiger partial charge in [-0.15, -0.1) is 11.3 Å². The van der Waals surface area contributed by atoms with E-state index in [2.05, 4.69) is 4.98 Å². The maximum Gasteiger partial charge on any atom is 0.310 e. The number of fused-ring (bicyclic) bond motifs is 1. The van der Waals surface area contributed by atoms with Crippen LogP contribution in [0.4, 0.5) is 11.5 Å². The molecule has 3 rings (SSSR count). The SMILES string of the molecule is O=c1ccc([N+](=O)[O-])c2n1CCN2Cc1cnc(Cl)s1. The number of hydrogen-bond donors (Lipinski definition) is 0. The molecule has 104 valence electrons. The Bertz CT molecular complexity index is 742. The van der Waals surface area contributed by atoms with Crippen LogP contribution < -0.4 is 10.5 Å². The summed E-state index contributed by atoms with van der Waals surface area (Å²) in [7, 11) is 0. The third-order valence-electron chi connectivity index (χ3n) is 3.10. The molecule has 2 aromatic rings. The molecule has 0 saturated carbocycles. The van der Waals surface area contributed by atoms with Gasteiger partial charge >= 0.3 is 5.69 Å². The van der Waals surface area contributed by atoms with Crippen molar-refractivity contribution in [2.75, 3.05) is 11.4 Å². The molecule has 0 radical (unpaired) electrons. The molecule has 0 bridgehead atoms. The topological polar surface area (TPSA) is 81.3 Å². The van der Waals surface area contributed by atoms with Crippen LogP contribution >= 0.6 is 22.9 Å². The molecular weight excluding hydrogens is 304 g/mol. The average Bonchev–Trinajstić information content (AvgIpc) is 2.98. The number of halogens is 1. The second kappa shape index (κ2) is 4.88. The van der Waals surface area contributed by atoms with Crippen molar-refractivity contribution >= 4 is 34.4 Å². The molecule has 0 unspecified atom stereocenters. The highest BCUT2D eigenvalue weighted by Crippen LogP contribution is 2.32. The van der Waals surface area contributed by atoms with Gasteiger partial charge < -0.3 is 4.90 Å². The maximum absolute atomic E-state index is 11.8. The first-order valence-corrected chi connectivity index (χ1v) is 6.99. The van der Waals surface area contributed by atoms with Gasteiger partial charge in [0.1, 0.15) is 0 Å². The molecule has 3 heterocycles. The molecule has 0 atom stereocenters. The summed E-state index contributed by atoms with van der Waals surface area (Å²) in [6, 6.07) is 2.49. The number of aromatic nitrogens is 2. The van der Waals surface area contributed by atoms with Gasteiger partial charge in [-0.1, -0.05) is 11.6 Å². The van der Waals surface area contributed by atoms with Crippen molar-refractivity contribution in [3.05, 3.63) is 48.1 Å². The summed E-state index contributed by atoms with van der Waals surface area (Å²) in [4.78, 5) is 29.1. The number of rotatable bonds is 3. The third kappa shape index (κ3) is 2.16. The minimum atomic E-state index is -0.469. The number of hydrogen-bond acceptors (Lipinski definition) is 6. The summed E-state index contributed by atoms with van der Waals surface area (Å²) in [5.41, 5.74) is -0.284. The summed E-state index contributed by atoms with van der Waals surface area (Å²) < 4.78 is 1.86. The first-order valence-electron chi connectivity index (χ1n) is 5.79. The van der Waals surface area contributed by atoms with Crippen LogP contribution in [-0.2, 0) is 13.1 Å². The van der Waals surface area contributed by atoms with E-state index in [9.17, 15) is 14.9 Å². The second-order valence-electron chi connectivity index (χ2n) is 4.29. The molecule has 20 heavy (non-hydrogen) atoms.